The first-order valence-corrected chi connectivity index (χ1v) is 6.51. The van der Waals surface area contributed by atoms with E-state index in [1.54, 1.807) is 48.5 Å². The number of hydrogen-bond acceptors (Lipinski definition) is 4. The van der Waals surface area contributed by atoms with Gasteiger partial charge in [0.1, 0.15) is 18.1 Å². The molecule has 0 aliphatic carbocycles. The molecule has 0 aromatic heterocycles. The van der Waals surface area contributed by atoms with Gasteiger partial charge in [0, 0.05) is 6.92 Å². The van der Waals surface area contributed by atoms with Gasteiger partial charge < -0.3 is 9.84 Å². The van der Waals surface area contributed by atoms with Crippen LogP contribution in [0.3, 0.4) is 0 Å². The van der Waals surface area contributed by atoms with Crippen LogP contribution >= 0.6 is 0 Å². The van der Waals surface area contributed by atoms with Gasteiger partial charge in [-0.1, -0.05) is 24.3 Å². The third-order valence-electron chi connectivity index (χ3n) is 2.96. The maximum atomic E-state index is 10.9. The standard InChI is InChI=1S/C16H17NO4/c1-12(18)17(20)10-13-4-8-16(9-5-13)21-11-14-2-6-15(19)7-3-14/h2-9,19-20H,10-11H2,1H3. The van der Waals surface area contributed by atoms with Crippen molar-refractivity contribution in [3.63, 3.8) is 0 Å². The van der Waals surface area contributed by atoms with Crippen LogP contribution in [-0.4, -0.2) is 21.3 Å². The monoisotopic (exact) mass is 287 g/mol. The average molecular weight is 287 g/mol. The van der Waals surface area contributed by atoms with Crippen molar-refractivity contribution in [3.8, 4) is 11.5 Å². The molecule has 2 rings (SSSR count). The molecule has 1 amide bonds. The molecule has 0 heterocycles. The van der Waals surface area contributed by atoms with Gasteiger partial charge in [-0.2, -0.15) is 0 Å². The maximum absolute atomic E-state index is 10.9. The Morgan fingerprint density at radius 3 is 2.19 bits per heavy atom. The number of phenols is 1. The van der Waals surface area contributed by atoms with Crippen LogP contribution in [0.2, 0.25) is 0 Å². The van der Waals surface area contributed by atoms with Crippen molar-refractivity contribution in [2.75, 3.05) is 0 Å². The Morgan fingerprint density at radius 2 is 1.62 bits per heavy atom. The first-order valence-electron chi connectivity index (χ1n) is 6.51. The zero-order chi connectivity index (χ0) is 15.2. The average Bonchev–Trinajstić information content (AvgIpc) is 2.48. The summed E-state index contributed by atoms with van der Waals surface area (Å²) >= 11 is 0. The third-order valence-corrected chi connectivity index (χ3v) is 2.96. The van der Waals surface area contributed by atoms with E-state index in [4.69, 9.17) is 4.74 Å². The lowest BCUT2D eigenvalue weighted by atomic mass is 10.2. The second-order valence-electron chi connectivity index (χ2n) is 4.68. The number of carbonyl (C=O) groups excluding carboxylic acids is 1. The highest BCUT2D eigenvalue weighted by atomic mass is 16.5. The van der Waals surface area contributed by atoms with Gasteiger partial charge in [-0.25, -0.2) is 5.06 Å². The highest BCUT2D eigenvalue weighted by Crippen LogP contribution is 2.16. The quantitative estimate of drug-likeness (QED) is 0.655. The Bertz CT molecular complexity index is 593. The van der Waals surface area contributed by atoms with Gasteiger partial charge >= 0.3 is 0 Å². The van der Waals surface area contributed by atoms with Crippen molar-refractivity contribution in [1.82, 2.24) is 5.06 Å². The minimum Gasteiger partial charge on any atom is -0.508 e. The topological polar surface area (TPSA) is 70.0 Å². The fraction of sp³-hybridized carbons (Fsp3) is 0.188. The van der Waals surface area contributed by atoms with E-state index in [0.29, 0.717) is 17.4 Å². The van der Waals surface area contributed by atoms with E-state index in [9.17, 15) is 15.1 Å². The number of nitrogens with zero attached hydrogens (tertiary/aromatic N) is 1. The molecule has 2 aromatic carbocycles. The van der Waals surface area contributed by atoms with Crippen LogP contribution in [0.15, 0.2) is 48.5 Å². The molecular formula is C16H17NO4. The van der Waals surface area contributed by atoms with E-state index in [-0.39, 0.29) is 12.3 Å². The first-order chi connectivity index (χ1) is 10.0. The Labute approximate surface area is 123 Å². The van der Waals surface area contributed by atoms with Crippen LogP contribution < -0.4 is 4.74 Å². The predicted octanol–water partition coefficient (Wildman–Crippen LogP) is 2.71. The lowest BCUT2D eigenvalue weighted by Crippen LogP contribution is -2.23. The van der Waals surface area contributed by atoms with Crippen LogP contribution in [0.5, 0.6) is 11.5 Å². The van der Waals surface area contributed by atoms with Gasteiger partial charge in [0.15, 0.2) is 0 Å². The molecule has 2 N–H and O–H groups in total. The maximum Gasteiger partial charge on any atom is 0.243 e. The minimum absolute atomic E-state index is 0.146. The molecule has 0 aliphatic heterocycles. The molecule has 5 heteroatoms. The van der Waals surface area contributed by atoms with E-state index in [1.807, 2.05) is 0 Å². The highest BCUT2D eigenvalue weighted by molar-refractivity contribution is 5.71. The van der Waals surface area contributed by atoms with E-state index in [0.717, 1.165) is 11.1 Å². The Hall–Kier alpha value is -2.53. The number of rotatable bonds is 5. The second-order valence-corrected chi connectivity index (χ2v) is 4.68. The van der Waals surface area contributed by atoms with Crippen LogP contribution in [0.4, 0.5) is 0 Å². The number of aromatic hydroxyl groups is 1. The van der Waals surface area contributed by atoms with Gasteiger partial charge in [0.2, 0.25) is 5.91 Å². The predicted molar refractivity (Wildman–Crippen MR) is 76.9 cm³/mol. The number of amides is 1. The van der Waals surface area contributed by atoms with Crippen molar-refractivity contribution in [3.05, 3.63) is 59.7 Å². The van der Waals surface area contributed by atoms with E-state index in [1.165, 1.54) is 6.92 Å². The number of hydroxylamine groups is 2. The molecule has 0 saturated heterocycles. The van der Waals surface area contributed by atoms with Crippen molar-refractivity contribution >= 4 is 5.91 Å². The molecule has 2 aromatic rings. The van der Waals surface area contributed by atoms with Gasteiger partial charge in [-0.3, -0.25) is 10.0 Å². The summed E-state index contributed by atoms with van der Waals surface area (Å²) in [7, 11) is 0. The Morgan fingerprint density at radius 1 is 1.05 bits per heavy atom. The molecule has 0 aliphatic rings. The summed E-state index contributed by atoms with van der Waals surface area (Å²) in [6, 6.07) is 13.9. The molecule has 0 radical (unpaired) electrons. The lowest BCUT2D eigenvalue weighted by Gasteiger charge is -2.13. The molecule has 21 heavy (non-hydrogen) atoms. The van der Waals surface area contributed by atoms with Crippen molar-refractivity contribution in [2.45, 2.75) is 20.1 Å². The zero-order valence-corrected chi connectivity index (χ0v) is 11.7. The summed E-state index contributed by atoms with van der Waals surface area (Å²) in [5.74, 6) is 0.518. The van der Waals surface area contributed by atoms with E-state index >= 15 is 0 Å². The Balaban J connectivity index is 1.90. The van der Waals surface area contributed by atoms with E-state index in [2.05, 4.69) is 0 Å². The molecule has 0 spiro atoms. The molecular weight excluding hydrogens is 270 g/mol. The summed E-state index contributed by atoms with van der Waals surface area (Å²) in [6.45, 7) is 1.85. The fourth-order valence-corrected chi connectivity index (χ4v) is 1.73. The lowest BCUT2D eigenvalue weighted by molar-refractivity contribution is -0.165. The van der Waals surface area contributed by atoms with E-state index < -0.39 is 5.91 Å². The molecule has 0 atom stereocenters. The van der Waals surface area contributed by atoms with Crippen LogP contribution in [-0.2, 0) is 17.9 Å². The van der Waals surface area contributed by atoms with Crippen LogP contribution in [0.1, 0.15) is 18.1 Å². The van der Waals surface area contributed by atoms with Crippen molar-refractivity contribution < 1.29 is 19.8 Å². The Kier molecular flexibility index (Phi) is 4.79. The second kappa shape index (κ2) is 6.76. The van der Waals surface area contributed by atoms with Gasteiger partial charge in [0.05, 0.1) is 6.54 Å². The first kappa shape index (κ1) is 14.9. The summed E-state index contributed by atoms with van der Waals surface area (Å²) in [4.78, 5) is 10.9. The summed E-state index contributed by atoms with van der Waals surface area (Å²) in [5.41, 5.74) is 1.76. The molecule has 0 fully saturated rings. The number of carbonyl (C=O) groups is 1. The van der Waals surface area contributed by atoms with Crippen LogP contribution in [0.25, 0.3) is 0 Å². The van der Waals surface area contributed by atoms with Crippen molar-refractivity contribution in [2.24, 2.45) is 0 Å². The zero-order valence-electron chi connectivity index (χ0n) is 11.7. The normalized spacial score (nSPS) is 10.2. The van der Waals surface area contributed by atoms with Gasteiger partial charge in [0.25, 0.3) is 0 Å². The SMILES string of the molecule is CC(=O)N(O)Cc1ccc(OCc2ccc(O)cc2)cc1. The van der Waals surface area contributed by atoms with Crippen molar-refractivity contribution in [1.29, 1.82) is 0 Å². The molecule has 0 saturated carbocycles. The van der Waals surface area contributed by atoms with Gasteiger partial charge in [-0.15, -0.1) is 0 Å². The van der Waals surface area contributed by atoms with Crippen LogP contribution in [0, 0.1) is 0 Å². The highest BCUT2D eigenvalue weighted by Gasteiger charge is 2.05. The summed E-state index contributed by atoms with van der Waals surface area (Å²) in [6.07, 6.45) is 0. The largest absolute Gasteiger partial charge is 0.508 e. The smallest absolute Gasteiger partial charge is 0.243 e. The molecule has 5 nitrogen and oxygen atoms in total. The molecule has 110 valence electrons. The number of phenolic OH excluding ortho intramolecular Hbond substituents is 1. The number of ether oxygens (including phenoxy) is 1. The molecule has 0 unspecified atom stereocenters. The summed E-state index contributed by atoms with van der Waals surface area (Å²) in [5, 5.41) is 19.2. The van der Waals surface area contributed by atoms with Gasteiger partial charge in [-0.05, 0) is 35.4 Å². The third kappa shape index (κ3) is 4.50. The summed E-state index contributed by atoms with van der Waals surface area (Å²) < 4.78 is 5.61. The number of benzene rings is 2. The fourth-order valence-electron chi connectivity index (χ4n) is 1.73. The minimum atomic E-state index is -0.400. The number of hydrogen-bond donors (Lipinski definition) is 2. The molecule has 0 bridgehead atoms.